The quantitative estimate of drug-likeness (QED) is 0.670. The van der Waals surface area contributed by atoms with Crippen molar-refractivity contribution >= 4 is 28.8 Å². The van der Waals surface area contributed by atoms with Gasteiger partial charge < -0.3 is 9.64 Å². The SMILES string of the molecule is CCN(CC)c1ncc(/C=N\NC(=O)OC(C)(C)C)s1. The van der Waals surface area contributed by atoms with Crippen LogP contribution in [0.2, 0.25) is 0 Å². The van der Waals surface area contributed by atoms with Crippen LogP contribution in [0.5, 0.6) is 0 Å². The van der Waals surface area contributed by atoms with Gasteiger partial charge in [-0.1, -0.05) is 11.3 Å². The second-order valence-electron chi connectivity index (χ2n) is 5.09. The Labute approximate surface area is 123 Å². The number of anilines is 1. The van der Waals surface area contributed by atoms with Crippen LogP contribution in [-0.4, -0.2) is 36.0 Å². The lowest BCUT2D eigenvalue weighted by Crippen LogP contribution is -2.29. The first kappa shape index (κ1) is 16.4. The predicted octanol–water partition coefficient (Wildman–Crippen LogP) is 2.85. The van der Waals surface area contributed by atoms with E-state index in [0.717, 1.165) is 23.1 Å². The minimum absolute atomic E-state index is 0.528. The van der Waals surface area contributed by atoms with Crippen LogP contribution in [0.4, 0.5) is 9.93 Å². The first-order chi connectivity index (χ1) is 9.35. The Kier molecular flexibility index (Phi) is 5.94. The van der Waals surface area contributed by atoms with Crippen molar-refractivity contribution in [3.63, 3.8) is 0 Å². The molecule has 1 N–H and O–H groups in total. The van der Waals surface area contributed by atoms with E-state index in [1.54, 1.807) is 33.2 Å². The zero-order chi connectivity index (χ0) is 15.2. The Morgan fingerprint density at radius 1 is 1.50 bits per heavy atom. The molecule has 7 heteroatoms. The maximum Gasteiger partial charge on any atom is 0.428 e. The van der Waals surface area contributed by atoms with Crippen molar-refractivity contribution in [3.8, 4) is 0 Å². The highest BCUT2D eigenvalue weighted by Crippen LogP contribution is 2.20. The lowest BCUT2D eigenvalue weighted by Gasteiger charge is -2.18. The first-order valence-electron chi connectivity index (χ1n) is 6.58. The van der Waals surface area contributed by atoms with E-state index in [1.807, 2.05) is 0 Å². The minimum atomic E-state index is -0.567. The van der Waals surface area contributed by atoms with E-state index in [0.29, 0.717) is 0 Å². The van der Waals surface area contributed by atoms with Gasteiger partial charge in [0.05, 0.1) is 11.1 Å². The van der Waals surface area contributed by atoms with Gasteiger partial charge in [-0.3, -0.25) is 0 Å². The van der Waals surface area contributed by atoms with E-state index in [1.165, 1.54) is 11.3 Å². The minimum Gasteiger partial charge on any atom is -0.443 e. The Morgan fingerprint density at radius 3 is 2.70 bits per heavy atom. The van der Waals surface area contributed by atoms with Gasteiger partial charge in [-0.15, -0.1) is 0 Å². The maximum absolute atomic E-state index is 11.4. The third-order valence-electron chi connectivity index (χ3n) is 2.29. The average molecular weight is 298 g/mol. The summed E-state index contributed by atoms with van der Waals surface area (Å²) in [5.41, 5.74) is 1.80. The van der Waals surface area contributed by atoms with Crippen LogP contribution in [0.3, 0.4) is 0 Å². The van der Waals surface area contributed by atoms with Gasteiger partial charge in [0, 0.05) is 19.3 Å². The molecule has 0 radical (unpaired) electrons. The highest BCUT2D eigenvalue weighted by molar-refractivity contribution is 7.17. The van der Waals surface area contributed by atoms with Crippen LogP contribution in [0.15, 0.2) is 11.3 Å². The van der Waals surface area contributed by atoms with Crippen molar-refractivity contribution in [2.45, 2.75) is 40.2 Å². The number of hydrogen-bond donors (Lipinski definition) is 1. The molecule has 0 aliphatic rings. The van der Waals surface area contributed by atoms with Gasteiger partial charge in [-0.05, 0) is 34.6 Å². The molecule has 0 aromatic carbocycles. The summed E-state index contributed by atoms with van der Waals surface area (Å²) in [5.74, 6) is 0. The molecule has 0 spiro atoms. The van der Waals surface area contributed by atoms with Crippen LogP contribution in [0, 0.1) is 0 Å². The van der Waals surface area contributed by atoms with Gasteiger partial charge in [-0.2, -0.15) is 5.10 Å². The molecule has 0 bridgehead atoms. The van der Waals surface area contributed by atoms with Crippen LogP contribution in [-0.2, 0) is 4.74 Å². The van der Waals surface area contributed by atoms with E-state index < -0.39 is 11.7 Å². The van der Waals surface area contributed by atoms with Crippen LogP contribution in [0.1, 0.15) is 39.5 Å². The Bertz CT molecular complexity index is 461. The molecule has 0 unspecified atom stereocenters. The normalized spacial score (nSPS) is 11.7. The maximum atomic E-state index is 11.4. The molecule has 20 heavy (non-hydrogen) atoms. The highest BCUT2D eigenvalue weighted by Gasteiger charge is 2.15. The molecule has 1 amide bonds. The summed E-state index contributed by atoms with van der Waals surface area (Å²) in [4.78, 5) is 18.7. The summed E-state index contributed by atoms with van der Waals surface area (Å²) in [6, 6.07) is 0. The zero-order valence-corrected chi connectivity index (χ0v) is 13.5. The molecule has 0 saturated carbocycles. The van der Waals surface area contributed by atoms with E-state index in [2.05, 4.69) is 34.3 Å². The molecule has 1 aromatic rings. The van der Waals surface area contributed by atoms with Gasteiger partial charge in [0.1, 0.15) is 5.60 Å². The number of amides is 1. The first-order valence-corrected chi connectivity index (χ1v) is 7.40. The molecule has 0 saturated heterocycles. The monoisotopic (exact) mass is 298 g/mol. The summed E-state index contributed by atoms with van der Waals surface area (Å²) >= 11 is 1.53. The van der Waals surface area contributed by atoms with E-state index >= 15 is 0 Å². The van der Waals surface area contributed by atoms with Gasteiger partial charge in [0.2, 0.25) is 0 Å². The van der Waals surface area contributed by atoms with Crippen molar-refractivity contribution in [2.24, 2.45) is 5.10 Å². The Hall–Kier alpha value is -1.63. The average Bonchev–Trinajstić information content (AvgIpc) is 2.77. The molecule has 112 valence electrons. The van der Waals surface area contributed by atoms with Crippen molar-refractivity contribution in [3.05, 3.63) is 11.1 Å². The third-order valence-corrected chi connectivity index (χ3v) is 3.28. The smallest absolute Gasteiger partial charge is 0.428 e. The number of carbonyl (C=O) groups excluding carboxylic acids is 1. The molecule has 6 nitrogen and oxygen atoms in total. The molecule has 1 rings (SSSR count). The van der Waals surface area contributed by atoms with Crippen LogP contribution < -0.4 is 10.3 Å². The predicted molar refractivity (Wildman–Crippen MR) is 82.6 cm³/mol. The number of nitrogens with one attached hydrogen (secondary N) is 1. The van der Waals surface area contributed by atoms with Gasteiger partial charge in [-0.25, -0.2) is 15.2 Å². The number of hydrazone groups is 1. The highest BCUT2D eigenvalue weighted by atomic mass is 32.1. The standard InChI is InChI=1S/C13H22N4O2S/c1-6-17(7-2)11-14-8-10(20-11)9-15-16-12(18)19-13(3,4)5/h8-9H,6-7H2,1-5H3,(H,16,18)/b15-9-. The molecular formula is C13H22N4O2S. The second kappa shape index (κ2) is 7.23. The van der Waals surface area contributed by atoms with Crippen molar-refractivity contribution in [1.82, 2.24) is 10.4 Å². The van der Waals surface area contributed by atoms with Crippen molar-refractivity contribution in [1.29, 1.82) is 0 Å². The summed E-state index contributed by atoms with van der Waals surface area (Å²) < 4.78 is 5.07. The number of nitrogens with zero attached hydrogens (tertiary/aromatic N) is 3. The fourth-order valence-electron chi connectivity index (χ4n) is 1.43. The summed E-state index contributed by atoms with van der Waals surface area (Å²) in [6.45, 7) is 11.4. The lowest BCUT2D eigenvalue weighted by atomic mass is 10.2. The lowest BCUT2D eigenvalue weighted by molar-refractivity contribution is 0.0529. The topological polar surface area (TPSA) is 66.8 Å². The van der Waals surface area contributed by atoms with Crippen molar-refractivity contribution < 1.29 is 9.53 Å². The van der Waals surface area contributed by atoms with Gasteiger partial charge in [0.15, 0.2) is 5.13 Å². The number of ether oxygens (including phenoxy) is 1. The van der Waals surface area contributed by atoms with Crippen molar-refractivity contribution in [2.75, 3.05) is 18.0 Å². The molecular weight excluding hydrogens is 276 g/mol. The molecule has 0 aliphatic heterocycles. The molecule has 0 aliphatic carbocycles. The Morgan fingerprint density at radius 2 is 2.15 bits per heavy atom. The number of aromatic nitrogens is 1. The second-order valence-corrected chi connectivity index (χ2v) is 6.13. The molecule has 1 heterocycles. The van der Waals surface area contributed by atoms with Gasteiger partial charge >= 0.3 is 6.09 Å². The number of hydrogen-bond acceptors (Lipinski definition) is 6. The van der Waals surface area contributed by atoms with Gasteiger partial charge in [0.25, 0.3) is 0 Å². The number of carbonyl (C=O) groups is 1. The van der Waals surface area contributed by atoms with E-state index in [-0.39, 0.29) is 0 Å². The number of rotatable bonds is 5. The molecule has 0 fully saturated rings. The summed E-state index contributed by atoms with van der Waals surface area (Å²) in [7, 11) is 0. The van der Waals surface area contributed by atoms with Crippen LogP contribution in [0.25, 0.3) is 0 Å². The summed E-state index contributed by atoms with van der Waals surface area (Å²) in [5, 5.41) is 4.80. The fourth-order valence-corrected chi connectivity index (χ4v) is 2.34. The number of thiazole rings is 1. The molecule has 1 aromatic heterocycles. The van der Waals surface area contributed by atoms with Crippen LogP contribution >= 0.6 is 11.3 Å². The fraction of sp³-hybridized carbons (Fsp3) is 0.615. The van der Waals surface area contributed by atoms with E-state index in [9.17, 15) is 4.79 Å². The largest absolute Gasteiger partial charge is 0.443 e. The summed E-state index contributed by atoms with van der Waals surface area (Å²) in [6.07, 6.45) is 2.73. The van der Waals surface area contributed by atoms with E-state index in [4.69, 9.17) is 4.74 Å². The molecule has 0 atom stereocenters. The Balaban J connectivity index is 2.53. The third kappa shape index (κ3) is 5.56. The zero-order valence-electron chi connectivity index (χ0n) is 12.6.